The topological polar surface area (TPSA) is 69.9 Å². The first kappa shape index (κ1) is 26.8. The minimum Gasteiger partial charge on any atom is -0.495 e. The number of ether oxygens (including phenoxy) is 2. The molecule has 0 bridgehead atoms. The van der Waals surface area contributed by atoms with Gasteiger partial charge in [-0.05, 0) is 81.4 Å². The molecule has 192 valence electrons. The predicted octanol–water partition coefficient (Wildman–Crippen LogP) is 5.15. The van der Waals surface area contributed by atoms with Gasteiger partial charge in [-0.3, -0.25) is 9.36 Å². The zero-order valence-corrected chi connectivity index (χ0v) is 25.6. The number of carbonyl (C=O) groups excluding carboxylic acids is 1. The Bertz CT molecular complexity index is 1700. The highest BCUT2D eigenvalue weighted by atomic mass is 127. The molecule has 0 aliphatic carbocycles. The third kappa shape index (κ3) is 5.10. The highest BCUT2D eigenvalue weighted by molar-refractivity contribution is 14.1. The maximum absolute atomic E-state index is 13.9. The van der Waals surface area contributed by atoms with Gasteiger partial charge in [0.05, 0.1) is 42.7 Å². The molecule has 9 heteroatoms. The van der Waals surface area contributed by atoms with Crippen LogP contribution < -0.4 is 19.6 Å². The van der Waals surface area contributed by atoms with E-state index in [2.05, 4.69) is 45.2 Å². The maximum Gasteiger partial charge on any atom is 0.338 e. The molecule has 38 heavy (non-hydrogen) atoms. The van der Waals surface area contributed by atoms with E-state index in [0.29, 0.717) is 20.6 Å². The molecule has 0 saturated heterocycles. The van der Waals surface area contributed by atoms with Gasteiger partial charge in [0.15, 0.2) is 4.80 Å². The molecule has 0 N–H and O–H groups in total. The molecule has 0 radical (unpaired) electrons. The van der Waals surface area contributed by atoms with Crippen LogP contribution in [0.1, 0.15) is 29.7 Å². The molecule has 1 atom stereocenters. The fourth-order valence-corrected chi connectivity index (χ4v) is 7.66. The van der Waals surface area contributed by atoms with Crippen molar-refractivity contribution in [3.8, 4) is 5.75 Å². The van der Waals surface area contributed by atoms with Crippen molar-refractivity contribution in [1.29, 1.82) is 0 Å². The van der Waals surface area contributed by atoms with E-state index in [4.69, 9.17) is 14.5 Å². The van der Waals surface area contributed by atoms with Crippen molar-refractivity contribution in [2.45, 2.75) is 13.0 Å². The summed E-state index contributed by atoms with van der Waals surface area (Å²) in [5.74, 6) is 0.318. The number of fused-ring (bicyclic) bond motifs is 1. The highest BCUT2D eigenvalue weighted by Gasteiger charge is 2.35. The largest absolute Gasteiger partial charge is 0.495 e. The van der Waals surface area contributed by atoms with Gasteiger partial charge in [-0.15, -0.1) is 0 Å². The molecular formula is C29H22I2N2O4S. The average molecular weight is 748 g/mol. The van der Waals surface area contributed by atoms with Gasteiger partial charge in [0.25, 0.3) is 5.56 Å². The standard InChI is InChI=1S/C29H22I2N2O4S/c1-3-37-28(35)23-24(18-10-6-4-7-11-18)32-29-33(25(23)19-12-8-5-9-13-19)27(34)22(38-29)16-17-14-20(30)26(36-2)21(31)15-17/h4-16,25H,3H2,1-2H3/b22-16-. The Balaban J connectivity index is 1.80. The number of hydrogen-bond acceptors (Lipinski definition) is 6. The van der Waals surface area contributed by atoms with Gasteiger partial charge in [-0.1, -0.05) is 72.0 Å². The first-order valence-corrected chi connectivity index (χ1v) is 14.8. The Labute approximate surface area is 250 Å². The second-order valence-electron chi connectivity index (χ2n) is 8.36. The number of hydrogen-bond donors (Lipinski definition) is 0. The van der Waals surface area contributed by atoms with Crippen molar-refractivity contribution < 1.29 is 14.3 Å². The summed E-state index contributed by atoms with van der Waals surface area (Å²) in [5, 5.41) is 0. The first-order valence-electron chi connectivity index (χ1n) is 11.8. The van der Waals surface area contributed by atoms with Crippen molar-refractivity contribution in [3.63, 3.8) is 0 Å². The quantitative estimate of drug-likeness (QED) is 0.202. The van der Waals surface area contributed by atoms with E-state index in [1.807, 2.05) is 78.9 Å². The number of aromatic nitrogens is 1. The van der Waals surface area contributed by atoms with E-state index in [0.717, 1.165) is 29.6 Å². The number of methoxy groups -OCH3 is 1. The molecule has 4 aromatic rings. The van der Waals surface area contributed by atoms with Gasteiger partial charge in [0.2, 0.25) is 0 Å². The van der Waals surface area contributed by atoms with Crippen LogP contribution in [-0.2, 0) is 9.53 Å². The third-order valence-electron chi connectivity index (χ3n) is 6.01. The van der Waals surface area contributed by atoms with E-state index in [9.17, 15) is 9.59 Å². The molecule has 3 aromatic carbocycles. The van der Waals surface area contributed by atoms with Gasteiger partial charge in [-0.2, -0.15) is 0 Å². The zero-order valence-electron chi connectivity index (χ0n) is 20.5. The minimum atomic E-state index is -0.681. The molecule has 1 aromatic heterocycles. The summed E-state index contributed by atoms with van der Waals surface area (Å²) in [5.41, 5.74) is 3.12. The highest BCUT2D eigenvalue weighted by Crippen LogP contribution is 2.35. The SMILES string of the molecule is CCOC(=O)C1=C(c2ccccc2)N=c2s/c(=C\c3cc(I)c(OC)c(I)c3)c(=O)n2C1c1ccccc1. The van der Waals surface area contributed by atoms with E-state index in [1.165, 1.54) is 11.3 Å². The molecular weight excluding hydrogens is 726 g/mol. The van der Waals surface area contributed by atoms with Crippen LogP contribution in [0, 0.1) is 7.14 Å². The molecule has 0 amide bonds. The Morgan fingerprint density at radius 1 is 1.05 bits per heavy atom. The maximum atomic E-state index is 13.9. The van der Waals surface area contributed by atoms with Crippen LogP contribution in [0.15, 0.2) is 88.2 Å². The van der Waals surface area contributed by atoms with Crippen molar-refractivity contribution in [3.05, 3.63) is 122 Å². The van der Waals surface area contributed by atoms with Crippen molar-refractivity contribution in [2.24, 2.45) is 4.99 Å². The molecule has 0 spiro atoms. The van der Waals surface area contributed by atoms with Gasteiger partial charge < -0.3 is 9.47 Å². The fraction of sp³-hybridized carbons (Fsp3) is 0.138. The van der Waals surface area contributed by atoms with Gasteiger partial charge in [0, 0.05) is 5.56 Å². The van der Waals surface area contributed by atoms with Crippen LogP contribution in [-0.4, -0.2) is 24.3 Å². The predicted molar refractivity (Wildman–Crippen MR) is 166 cm³/mol. The molecule has 5 rings (SSSR count). The third-order valence-corrected chi connectivity index (χ3v) is 8.60. The Kier molecular flexibility index (Phi) is 8.15. The number of carbonyl (C=O) groups is 1. The molecule has 2 heterocycles. The van der Waals surface area contributed by atoms with Crippen LogP contribution in [0.3, 0.4) is 0 Å². The molecule has 1 unspecified atom stereocenters. The number of halogens is 2. The smallest absolute Gasteiger partial charge is 0.338 e. The lowest BCUT2D eigenvalue weighted by Crippen LogP contribution is -2.40. The zero-order chi connectivity index (χ0) is 26.8. The molecule has 0 fully saturated rings. The summed E-state index contributed by atoms with van der Waals surface area (Å²) >= 11 is 5.77. The second kappa shape index (κ2) is 11.5. The Morgan fingerprint density at radius 2 is 1.68 bits per heavy atom. The van der Waals surface area contributed by atoms with Gasteiger partial charge >= 0.3 is 5.97 Å². The number of thiazole rings is 1. The summed E-state index contributed by atoms with van der Waals surface area (Å²) in [6.45, 7) is 1.98. The number of esters is 1. The number of nitrogens with zero attached hydrogens (tertiary/aromatic N) is 2. The number of rotatable bonds is 6. The van der Waals surface area contributed by atoms with Crippen LogP contribution in [0.4, 0.5) is 0 Å². The lowest BCUT2D eigenvalue weighted by Gasteiger charge is -2.25. The van der Waals surface area contributed by atoms with E-state index in [1.54, 1.807) is 18.6 Å². The van der Waals surface area contributed by atoms with Crippen molar-refractivity contribution >= 4 is 74.3 Å². The van der Waals surface area contributed by atoms with Gasteiger partial charge in [-0.25, -0.2) is 9.79 Å². The lowest BCUT2D eigenvalue weighted by molar-refractivity contribution is -0.138. The van der Waals surface area contributed by atoms with E-state index < -0.39 is 12.0 Å². The van der Waals surface area contributed by atoms with Crippen molar-refractivity contribution in [2.75, 3.05) is 13.7 Å². The monoisotopic (exact) mass is 748 g/mol. The number of benzene rings is 3. The summed E-state index contributed by atoms with van der Waals surface area (Å²) in [6.07, 6.45) is 1.87. The second-order valence-corrected chi connectivity index (χ2v) is 11.7. The molecule has 0 saturated carbocycles. The fourth-order valence-electron chi connectivity index (χ4n) is 4.40. The first-order chi connectivity index (χ1) is 18.4. The summed E-state index contributed by atoms with van der Waals surface area (Å²) in [6, 6.07) is 22.4. The van der Waals surface area contributed by atoms with E-state index in [-0.39, 0.29) is 12.2 Å². The molecule has 1 aliphatic rings. The molecule has 6 nitrogen and oxygen atoms in total. The molecule has 1 aliphatic heterocycles. The summed E-state index contributed by atoms with van der Waals surface area (Å²) < 4.78 is 15.0. The van der Waals surface area contributed by atoms with Crippen LogP contribution in [0.25, 0.3) is 11.8 Å². The Hall–Kier alpha value is -2.77. The summed E-state index contributed by atoms with van der Waals surface area (Å²) in [7, 11) is 1.65. The van der Waals surface area contributed by atoms with E-state index >= 15 is 0 Å². The Morgan fingerprint density at radius 3 is 2.29 bits per heavy atom. The normalized spacial score (nSPS) is 15.2. The van der Waals surface area contributed by atoms with Gasteiger partial charge in [0.1, 0.15) is 5.75 Å². The van der Waals surface area contributed by atoms with Crippen LogP contribution >= 0.6 is 56.5 Å². The average Bonchev–Trinajstić information content (AvgIpc) is 3.23. The van der Waals surface area contributed by atoms with Crippen LogP contribution in [0.2, 0.25) is 0 Å². The summed E-state index contributed by atoms with van der Waals surface area (Å²) in [4.78, 5) is 32.8. The van der Waals surface area contributed by atoms with Crippen molar-refractivity contribution in [1.82, 2.24) is 4.57 Å². The minimum absolute atomic E-state index is 0.211. The van der Waals surface area contributed by atoms with Crippen LogP contribution in [0.5, 0.6) is 5.75 Å². The lowest BCUT2D eigenvalue weighted by atomic mass is 9.93.